The van der Waals surface area contributed by atoms with E-state index in [2.05, 4.69) is 79.2 Å². The highest BCUT2D eigenvalue weighted by atomic mass is 16.4. The predicted molar refractivity (Wildman–Crippen MR) is 124 cm³/mol. The first-order valence-corrected chi connectivity index (χ1v) is 10.8. The molecule has 0 atom stereocenters. The smallest absolute Gasteiger partial charge is 0.213 e. The minimum absolute atomic E-state index is 0.0567. The molecule has 0 bridgehead atoms. The number of aliphatic imine (C=N–C) groups is 1. The monoisotopic (exact) mass is 422 g/mol. The van der Waals surface area contributed by atoms with Crippen LogP contribution in [0.25, 0.3) is 0 Å². The van der Waals surface area contributed by atoms with Crippen LogP contribution in [-0.2, 0) is 25.0 Å². The van der Waals surface area contributed by atoms with Gasteiger partial charge >= 0.3 is 0 Å². The third-order valence-corrected chi connectivity index (χ3v) is 5.15. The lowest BCUT2D eigenvalue weighted by atomic mass is 9.94. The van der Waals surface area contributed by atoms with Crippen molar-refractivity contribution in [3.05, 3.63) is 70.7 Å². The van der Waals surface area contributed by atoms with Crippen molar-refractivity contribution in [2.75, 3.05) is 6.54 Å². The number of nitrogens with zero attached hydrogens (tertiary/aromatic N) is 4. The third kappa shape index (κ3) is 5.96. The van der Waals surface area contributed by atoms with Crippen LogP contribution in [0.15, 0.2) is 45.9 Å². The SMILES string of the molecule is CCNC(=NCc1c(C)nn(Cc2ccccc2)c1C)NCc1ncc(C(C)(C)C)o1. The summed E-state index contributed by atoms with van der Waals surface area (Å²) in [6.07, 6.45) is 1.80. The molecule has 0 unspecified atom stereocenters. The molecule has 0 spiro atoms. The van der Waals surface area contributed by atoms with Gasteiger partial charge in [0.1, 0.15) is 5.76 Å². The Bertz CT molecular complexity index is 1010. The number of benzene rings is 1. The Hall–Kier alpha value is -3.09. The molecule has 7 heteroatoms. The molecule has 0 aliphatic carbocycles. The molecule has 3 aromatic rings. The highest BCUT2D eigenvalue weighted by Gasteiger charge is 2.19. The van der Waals surface area contributed by atoms with Gasteiger partial charge in [0.25, 0.3) is 0 Å². The zero-order valence-corrected chi connectivity index (χ0v) is 19.5. The van der Waals surface area contributed by atoms with Crippen molar-refractivity contribution in [2.24, 2.45) is 4.99 Å². The lowest BCUT2D eigenvalue weighted by Gasteiger charge is -2.13. The minimum atomic E-state index is -0.0567. The first kappa shape index (κ1) is 22.6. The van der Waals surface area contributed by atoms with Gasteiger partial charge in [0.2, 0.25) is 5.89 Å². The van der Waals surface area contributed by atoms with E-state index in [1.54, 1.807) is 6.20 Å². The highest BCUT2D eigenvalue weighted by molar-refractivity contribution is 5.79. The van der Waals surface area contributed by atoms with Crippen LogP contribution in [0.2, 0.25) is 0 Å². The number of oxazole rings is 1. The molecule has 31 heavy (non-hydrogen) atoms. The Morgan fingerprint density at radius 1 is 1.13 bits per heavy atom. The summed E-state index contributed by atoms with van der Waals surface area (Å²) in [5.41, 5.74) is 4.48. The van der Waals surface area contributed by atoms with E-state index < -0.39 is 0 Å². The number of hydrogen-bond donors (Lipinski definition) is 2. The molecule has 2 aromatic heterocycles. The standard InChI is InChI=1S/C24H34N6O/c1-7-25-23(28-15-22-26-14-21(31-22)24(4,5)6)27-13-20-17(2)29-30(18(20)3)16-19-11-9-8-10-12-19/h8-12,14H,7,13,15-16H2,1-6H3,(H2,25,27,28). The van der Waals surface area contributed by atoms with E-state index in [9.17, 15) is 0 Å². The molecule has 166 valence electrons. The lowest BCUT2D eigenvalue weighted by molar-refractivity contribution is 0.379. The maximum absolute atomic E-state index is 5.87. The van der Waals surface area contributed by atoms with Crippen LogP contribution in [0.1, 0.15) is 61.9 Å². The number of hydrogen-bond acceptors (Lipinski definition) is 4. The van der Waals surface area contributed by atoms with Crippen molar-refractivity contribution in [2.45, 2.75) is 66.6 Å². The lowest BCUT2D eigenvalue weighted by Crippen LogP contribution is -2.36. The van der Waals surface area contributed by atoms with Crippen LogP contribution in [0.5, 0.6) is 0 Å². The van der Waals surface area contributed by atoms with Crippen LogP contribution < -0.4 is 10.6 Å². The van der Waals surface area contributed by atoms with Gasteiger partial charge in [-0.05, 0) is 26.3 Å². The second-order valence-electron chi connectivity index (χ2n) is 8.71. The maximum Gasteiger partial charge on any atom is 0.213 e. The second kappa shape index (κ2) is 9.81. The Morgan fingerprint density at radius 3 is 2.52 bits per heavy atom. The molecule has 2 N–H and O–H groups in total. The topological polar surface area (TPSA) is 80.3 Å². The van der Waals surface area contributed by atoms with E-state index in [4.69, 9.17) is 14.5 Å². The van der Waals surface area contributed by atoms with Gasteiger partial charge in [0, 0.05) is 23.2 Å². The molecule has 1 aromatic carbocycles. The van der Waals surface area contributed by atoms with Crippen molar-refractivity contribution >= 4 is 5.96 Å². The van der Waals surface area contributed by atoms with Crippen molar-refractivity contribution in [3.63, 3.8) is 0 Å². The number of aromatic nitrogens is 3. The van der Waals surface area contributed by atoms with Gasteiger partial charge in [0.05, 0.1) is 31.5 Å². The molecule has 0 radical (unpaired) electrons. The molecule has 0 saturated heterocycles. The summed E-state index contributed by atoms with van der Waals surface area (Å²) in [4.78, 5) is 9.15. The van der Waals surface area contributed by atoms with Gasteiger partial charge in [0.15, 0.2) is 5.96 Å². The summed E-state index contributed by atoms with van der Waals surface area (Å²) in [6, 6.07) is 10.4. The maximum atomic E-state index is 5.87. The Balaban J connectivity index is 1.68. The van der Waals surface area contributed by atoms with Crippen LogP contribution in [0, 0.1) is 13.8 Å². The largest absolute Gasteiger partial charge is 0.443 e. The van der Waals surface area contributed by atoms with Gasteiger partial charge in [-0.1, -0.05) is 51.1 Å². The first-order valence-electron chi connectivity index (χ1n) is 10.8. The molecule has 0 saturated carbocycles. The first-order chi connectivity index (χ1) is 14.8. The molecule has 7 nitrogen and oxygen atoms in total. The molecular formula is C24H34N6O. The average molecular weight is 423 g/mol. The van der Waals surface area contributed by atoms with E-state index in [0.29, 0.717) is 19.0 Å². The summed E-state index contributed by atoms with van der Waals surface area (Å²) >= 11 is 0. The van der Waals surface area contributed by atoms with Gasteiger partial charge in [-0.2, -0.15) is 5.10 Å². The van der Waals surface area contributed by atoms with E-state index in [0.717, 1.165) is 41.8 Å². The normalized spacial score (nSPS) is 12.3. The molecule has 0 aliphatic heterocycles. The summed E-state index contributed by atoms with van der Waals surface area (Å²) < 4.78 is 7.92. The number of guanidine groups is 1. The van der Waals surface area contributed by atoms with Gasteiger partial charge in [-0.3, -0.25) is 4.68 Å². The van der Waals surface area contributed by atoms with Gasteiger partial charge in [-0.15, -0.1) is 0 Å². The quantitative estimate of drug-likeness (QED) is 0.443. The van der Waals surface area contributed by atoms with E-state index in [1.165, 1.54) is 5.56 Å². The van der Waals surface area contributed by atoms with Crippen LogP contribution in [0.3, 0.4) is 0 Å². The zero-order valence-electron chi connectivity index (χ0n) is 19.5. The van der Waals surface area contributed by atoms with Crippen LogP contribution >= 0.6 is 0 Å². The fraction of sp³-hybridized carbons (Fsp3) is 0.458. The molecular weight excluding hydrogens is 388 g/mol. The average Bonchev–Trinajstić information content (AvgIpc) is 3.31. The molecule has 0 amide bonds. The van der Waals surface area contributed by atoms with Crippen LogP contribution in [0.4, 0.5) is 0 Å². The summed E-state index contributed by atoms with van der Waals surface area (Å²) in [6.45, 7) is 15.1. The molecule has 2 heterocycles. The minimum Gasteiger partial charge on any atom is -0.443 e. The van der Waals surface area contributed by atoms with Crippen molar-refractivity contribution < 1.29 is 4.42 Å². The number of nitrogens with one attached hydrogen (secondary N) is 2. The molecule has 0 fully saturated rings. The molecule has 0 aliphatic rings. The summed E-state index contributed by atoms with van der Waals surface area (Å²) in [5, 5.41) is 11.3. The second-order valence-corrected chi connectivity index (χ2v) is 8.71. The highest BCUT2D eigenvalue weighted by Crippen LogP contribution is 2.22. The number of rotatable bonds is 7. The summed E-state index contributed by atoms with van der Waals surface area (Å²) in [5.74, 6) is 2.26. The van der Waals surface area contributed by atoms with E-state index in [-0.39, 0.29) is 5.41 Å². The van der Waals surface area contributed by atoms with Crippen molar-refractivity contribution in [1.82, 2.24) is 25.4 Å². The Labute approximate surface area is 185 Å². The zero-order chi connectivity index (χ0) is 22.4. The van der Waals surface area contributed by atoms with Crippen molar-refractivity contribution in [3.8, 4) is 0 Å². The fourth-order valence-electron chi connectivity index (χ4n) is 3.27. The van der Waals surface area contributed by atoms with Gasteiger partial charge < -0.3 is 15.1 Å². The Kier molecular flexibility index (Phi) is 7.15. The van der Waals surface area contributed by atoms with E-state index in [1.807, 2.05) is 13.0 Å². The predicted octanol–water partition coefficient (Wildman–Crippen LogP) is 4.09. The van der Waals surface area contributed by atoms with Crippen LogP contribution in [-0.4, -0.2) is 27.3 Å². The summed E-state index contributed by atoms with van der Waals surface area (Å²) in [7, 11) is 0. The van der Waals surface area contributed by atoms with E-state index >= 15 is 0 Å². The molecule has 3 rings (SSSR count). The number of aryl methyl sites for hydroxylation is 1. The fourth-order valence-corrected chi connectivity index (χ4v) is 3.27. The third-order valence-electron chi connectivity index (χ3n) is 5.15. The Morgan fingerprint density at radius 2 is 1.87 bits per heavy atom. The van der Waals surface area contributed by atoms with Crippen molar-refractivity contribution in [1.29, 1.82) is 0 Å². The van der Waals surface area contributed by atoms with Gasteiger partial charge in [-0.25, -0.2) is 9.98 Å².